The van der Waals surface area contributed by atoms with Gasteiger partial charge >= 0.3 is 0 Å². The highest BCUT2D eigenvalue weighted by Gasteiger charge is 2.22. The molecule has 0 aromatic heterocycles. The maximum absolute atomic E-state index is 13.7. The van der Waals surface area contributed by atoms with Gasteiger partial charge in [0.05, 0.1) is 5.56 Å². The molecule has 2 atom stereocenters. The molecule has 1 saturated heterocycles. The number of hydrogen-bond acceptors (Lipinski definition) is 3. The Balaban J connectivity index is 0.00000243. The van der Waals surface area contributed by atoms with Crippen LogP contribution in [-0.2, 0) is 0 Å². The Morgan fingerprint density at radius 1 is 1.19 bits per heavy atom. The Morgan fingerprint density at radius 3 is 2.73 bits per heavy atom. The zero-order chi connectivity index (χ0) is 17.8. The maximum Gasteiger partial charge on any atom is 0.258 e. The van der Waals surface area contributed by atoms with E-state index in [1.54, 1.807) is 24.3 Å². The highest BCUT2D eigenvalue weighted by atomic mass is 35.5. The van der Waals surface area contributed by atoms with Gasteiger partial charge in [-0.1, -0.05) is 6.07 Å². The number of benzene rings is 2. The molecule has 0 aliphatic carbocycles. The van der Waals surface area contributed by atoms with Gasteiger partial charge in [0.15, 0.2) is 6.30 Å². The molecule has 3 rings (SSSR count). The van der Waals surface area contributed by atoms with E-state index in [4.69, 9.17) is 4.74 Å². The van der Waals surface area contributed by atoms with Gasteiger partial charge in [-0.25, -0.2) is 13.2 Å². The Kier molecular flexibility index (Phi) is 6.88. The van der Waals surface area contributed by atoms with Crippen molar-refractivity contribution in [2.75, 3.05) is 11.9 Å². The summed E-state index contributed by atoms with van der Waals surface area (Å²) in [5.41, 5.74) is 0.142. The smallest absolute Gasteiger partial charge is 0.258 e. The highest BCUT2D eigenvalue weighted by molar-refractivity contribution is 6.04. The monoisotopic (exact) mass is 386 g/mol. The van der Waals surface area contributed by atoms with Crippen LogP contribution < -0.4 is 15.4 Å². The van der Waals surface area contributed by atoms with Gasteiger partial charge in [-0.3, -0.25) is 10.1 Å². The Morgan fingerprint density at radius 2 is 2.00 bits per heavy atom. The molecule has 1 fully saturated rings. The third-order valence-corrected chi connectivity index (χ3v) is 3.87. The van der Waals surface area contributed by atoms with Gasteiger partial charge in [-0.05, 0) is 30.7 Å². The zero-order valence-electron chi connectivity index (χ0n) is 13.7. The van der Waals surface area contributed by atoms with Crippen molar-refractivity contribution in [2.45, 2.75) is 25.2 Å². The second kappa shape index (κ2) is 8.91. The summed E-state index contributed by atoms with van der Waals surface area (Å²) in [5, 5.41) is 5.23. The molecule has 2 aromatic carbocycles. The van der Waals surface area contributed by atoms with E-state index in [1.807, 2.05) is 0 Å². The third-order valence-electron chi connectivity index (χ3n) is 3.87. The second-order valence-electron chi connectivity index (χ2n) is 5.79. The molecule has 1 heterocycles. The Labute approximate surface area is 155 Å². The van der Waals surface area contributed by atoms with E-state index in [0.717, 1.165) is 12.1 Å². The van der Waals surface area contributed by atoms with Gasteiger partial charge in [0.2, 0.25) is 0 Å². The van der Waals surface area contributed by atoms with E-state index in [1.165, 1.54) is 0 Å². The molecule has 0 spiro atoms. The first-order valence-corrected chi connectivity index (χ1v) is 7.92. The topological polar surface area (TPSA) is 50.4 Å². The van der Waals surface area contributed by atoms with E-state index >= 15 is 0 Å². The average molecular weight is 387 g/mol. The molecule has 26 heavy (non-hydrogen) atoms. The first-order chi connectivity index (χ1) is 12.0. The molecule has 2 aromatic rings. The fourth-order valence-corrected chi connectivity index (χ4v) is 2.65. The molecule has 1 amide bonds. The Bertz CT molecular complexity index is 776. The number of ether oxygens (including phenoxy) is 1. The quantitative estimate of drug-likeness (QED) is 0.779. The molecule has 4 nitrogen and oxygen atoms in total. The summed E-state index contributed by atoms with van der Waals surface area (Å²) in [7, 11) is 0. The SMILES string of the molecule is Cl.O=C(Nc1cccc(OC2CCNC(F)C2)c1)c1ccc(F)cc1F. The van der Waals surface area contributed by atoms with E-state index in [-0.39, 0.29) is 30.5 Å². The van der Waals surface area contributed by atoms with Crippen molar-refractivity contribution in [1.29, 1.82) is 0 Å². The standard InChI is InChI=1S/C18H17F3N2O2.ClH/c19-11-4-5-15(16(20)8-11)18(24)23-12-2-1-3-13(9-12)25-14-6-7-22-17(21)10-14;/h1-5,8-9,14,17,22H,6-7,10H2,(H,23,24);1H. The molecular weight excluding hydrogens is 369 g/mol. The molecule has 2 N–H and O–H groups in total. The van der Waals surface area contributed by atoms with Crippen molar-refractivity contribution in [3.63, 3.8) is 0 Å². The number of carbonyl (C=O) groups excluding carboxylic acids is 1. The normalized spacial score (nSPS) is 19.3. The van der Waals surface area contributed by atoms with Crippen molar-refractivity contribution >= 4 is 24.0 Å². The van der Waals surface area contributed by atoms with Crippen LogP contribution in [0.25, 0.3) is 0 Å². The van der Waals surface area contributed by atoms with Gasteiger partial charge in [-0.2, -0.15) is 0 Å². The number of alkyl halides is 1. The van der Waals surface area contributed by atoms with Crippen molar-refractivity contribution in [3.8, 4) is 5.75 Å². The number of anilines is 1. The van der Waals surface area contributed by atoms with Gasteiger partial charge in [0, 0.05) is 30.8 Å². The summed E-state index contributed by atoms with van der Waals surface area (Å²) >= 11 is 0. The van der Waals surface area contributed by atoms with Gasteiger partial charge < -0.3 is 10.1 Å². The minimum atomic E-state index is -1.09. The molecule has 8 heteroatoms. The number of halogens is 4. The summed E-state index contributed by atoms with van der Waals surface area (Å²) < 4.78 is 45.7. The maximum atomic E-state index is 13.7. The number of rotatable bonds is 4. The number of hydrogen-bond donors (Lipinski definition) is 2. The first kappa shape index (κ1) is 20.1. The van der Waals surface area contributed by atoms with Gasteiger partial charge in [0.1, 0.15) is 23.5 Å². The molecule has 2 unspecified atom stereocenters. The van der Waals surface area contributed by atoms with Crippen LogP contribution in [0, 0.1) is 11.6 Å². The van der Waals surface area contributed by atoms with E-state index in [0.29, 0.717) is 30.5 Å². The van der Waals surface area contributed by atoms with Crippen LogP contribution >= 0.6 is 12.4 Å². The van der Waals surface area contributed by atoms with Crippen molar-refractivity contribution in [1.82, 2.24) is 5.32 Å². The molecule has 0 saturated carbocycles. The van der Waals surface area contributed by atoms with Crippen LogP contribution in [0.1, 0.15) is 23.2 Å². The van der Waals surface area contributed by atoms with Crippen LogP contribution in [0.2, 0.25) is 0 Å². The largest absolute Gasteiger partial charge is 0.490 e. The lowest BCUT2D eigenvalue weighted by atomic mass is 10.1. The molecule has 0 bridgehead atoms. The summed E-state index contributed by atoms with van der Waals surface area (Å²) in [6.45, 7) is 0.534. The van der Waals surface area contributed by atoms with Crippen LogP contribution in [0.3, 0.4) is 0 Å². The average Bonchev–Trinajstić information content (AvgIpc) is 2.55. The minimum Gasteiger partial charge on any atom is -0.490 e. The van der Waals surface area contributed by atoms with Crippen LogP contribution in [-0.4, -0.2) is 24.9 Å². The fraction of sp³-hybridized carbons (Fsp3) is 0.278. The van der Waals surface area contributed by atoms with Crippen LogP contribution in [0.5, 0.6) is 5.75 Å². The van der Waals surface area contributed by atoms with E-state index in [9.17, 15) is 18.0 Å². The lowest BCUT2D eigenvalue weighted by molar-refractivity contribution is 0.0937. The number of piperidine rings is 1. The lowest BCUT2D eigenvalue weighted by Gasteiger charge is -2.26. The summed E-state index contributed by atoms with van der Waals surface area (Å²) in [5.74, 6) is -1.90. The number of amides is 1. The van der Waals surface area contributed by atoms with Crippen LogP contribution in [0.15, 0.2) is 42.5 Å². The first-order valence-electron chi connectivity index (χ1n) is 7.92. The van der Waals surface area contributed by atoms with Crippen molar-refractivity contribution in [2.24, 2.45) is 0 Å². The second-order valence-corrected chi connectivity index (χ2v) is 5.79. The van der Waals surface area contributed by atoms with Crippen molar-refractivity contribution in [3.05, 3.63) is 59.7 Å². The van der Waals surface area contributed by atoms with Gasteiger partial charge in [-0.15, -0.1) is 12.4 Å². The third kappa shape index (κ3) is 5.12. The molecule has 140 valence electrons. The zero-order valence-corrected chi connectivity index (χ0v) is 14.5. The highest BCUT2D eigenvalue weighted by Crippen LogP contribution is 2.23. The Hall–Kier alpha value is -2.25. The van der Waals surface area contributed by atoms with E-state index in [2.05, 4.69) is 10.6 Å². The van der Waals surface area contributed by atoms with Crippen LogP contribution in [0.4, 0.5) is 18.9 Å². The summed E-state index contributed by atoms with van der Waals surface area (Å²) in [6.07, 6.45) is -0.422. The predicted octanol–water partition coefficient (Wildman–Crippen LogP) is 4.07. The summed E-state index contributed by atoms with van der Waals surface area (Å²) in [4.78, 5) is 12.1. The molecular formula is C18H18ClF3N2O2. The molecule has 1 aliphatic heterocycles. The molecule has 1 aliphatic rings. The minimum absolute atomic E-state index is 0. The molecule has 0 radical (unpaired) electrons. The summed E-state index contributed by atoms with van der Waals surface area (Å²) in [6, 6.07) is 9.31. The van der Waals surface area contributed by atoms with E-state index < -0.39 is 23.8 Å². The fourth-order valence-electron chi connectivity index (χ4n) is 2.65. The van der Waals surface area contributed by atoms with Gasteiger partial charge in [0.25, 0.3) is 5.91 Å². The van der Waals surface area contributed by atoms with Crippen molar-refractivity contribution < 1.29 is 22.7 Å². The number of nitrogens with one attached hydrogen (secondary N) is 2. The lowest BCUT2D eigenvalue weighted by Crippen LogP contribution is -2.39. The number of carbonyl (C=O) groups is 1. The predicted molar refractivity (Wildman–Crippen MR) is 94.5 cm³/mol.